The first-order valence-corrected chi connectivity index (χ1v) is 4.89. The minimum atomic E-state index is 0.592. The summed E-state index contributed by atoms with van der Waals surface area (Å²) in [5.41, 5.74) is 0. The molecule has 5 heteroatoms. The van der Waals surface area contributed by atoms with Gasteiger partial charge in [-0.1, -0.05) is 5.16 Å². The van der Waals surface area contributed by atoms with Crippen LogP contribution >= 0.6 is 15.9 Å². The SMILES string of the molecule is Brc1ccc(NCc2ccno2)nc1. The first-order chi connectivity index (χ1) is 6.84. The lowest BCUT2D eigenvalue weighted by Crippen LogP contribution is -1.99. The van der Waals surface area contributed by atoms with Gasteiger partial charge in [-0.15, -0.1) is 0 Å². The van der Waals surface area contributed by atoms with E-state index in [1.807, 2.05) is 18.2 Å². The zero-order chi connectivity index (χ0) is 9.80. The topological polar surface area (TPSA) is 51.0 Å². The molecule has 72 valence electrons. The number of halogens is 1. The Kier molecular flexibility index (Phi) is 2.78. The third kappa shape index (κ3) is 2.32. The van der Waals surface area contributed by atoms with Crippen LogP contribution in [0.4, 0.5) is 5.82 Å². The highest BCUT2D eigenvalue weighted by molar-refractivity contribution is 9.10. The van der Waals surface area contributed by atoms with Gasteiger partial charge < -0.3 is 9.84 Å². The third-order valence-corrected chi connectivity index (χ3v) is 2.13. The molecule has 2 rings (SSSR count). The second kappa shape index (κ2) is 4.23. The van der Waals surface area contributed by atoms with E-state index in [0.29, 0.717) is 6.54 Å². The summed E-state index contributed by atoms with van der Waals surface area (Å²) >= 11 is 3.32. The highest BCUT2D eigenvalue weighted by Crippen LogP contribution is 2.11. The van der Waals surface area contributed by atoms with Gasteiger partial charge in [0.25, 0.3) is 0 Å². The lowest BCUT2D eigenvalue weighted by molar-refractivity contribution is 0.388. The number of rotatable bonds is 3. The number of hydrogen-bond donors (Lipinski definition) is 1. The van der Waals surface area contributed by atoms with Gasteiger partial charge in [0.1, 0.15) is 5.82 Å². The van der Waals surface area contributed by atoms with Crippen LogP contribution in [-0.2, 0) is 6.54 Å². The van der Waals surface area contributed by atoms with Crippen LogP contribution in [0.1, 0.15) is 5.76 Å². The highest BCUT2D eigenvalue weighted by Gasteiger charge is 1.97. The van der Waals surface area contributed by atoms with Crippen molar-refractivity contribution in [3.8, 4) is 0 Å². The summed E-state index contributed by atoms with van der Waals surface area (Å²) in [6, 6.07) is 5.63. The van der Waals surface area contributed by atoms with Gasteiger partial charge in [-0.3, -0.25) is 0 Å². The van der Waals surface area contributed by atoms with E-state index < -0.39 is 0 Å². The Hall–Kier alpha value is -1.36. The maximum Gasteiger partial charge on any atom is 0.155 e. The van der Waals surface area contributed by atoms with Crippen LogP contribution in [0.3, 0.4) is 0 Å². The zero-order valence-corrected chi connectivity index (χ0v) is 8.86. The molecule has 0 radical (unpaired) electrons. The molecule has 0 aliphatic carbocycles. The average Bonchev–Trinajstić information content (AvgIpc) is 2.70. The molecule has 2 heterocycles. The average molecular weight is 254 g/mol. The summed E-state index contributed by atoms with van der Waals surface area (Å²) in [5.74, 6) is 1.60. The molecular weight excluding hydrogens is 246 g/mol. The quantitative estimate of drug-likeness (QED) is 0.913. The Morgan fingerprint density at radius 1 is 1.36 bits per heavy atom. The molecule has 0 aliphatic rings. The molecule has 2 aromatic rings. The maximum absolute atomic E-state index is 4.93. The van der Waals surface area contributed by atoms with Crippen molar-refractivity contribution in [3.05, 3.63) is 40.8 Å². The van der Waals surface area contributed by atoms with Gasteiger partial charge in [0.2, 0.25) is 0 Å². The molecule has 0 unspecified atom stereocenters. The molecular formula is C9H8BrN3O. The molecule has 0 amide bonds. The molecule has 0 saturated carbocycles. The van der Waals surface area contributed by atoms with E-state index in [4.69, 9.17) is 4.52 Å². The van der Waals surface area contributed by atoms with E-state index >= 15 is 0 Å². The van der Waals surface area contributed by atoms with Crippen molar-refractivity contribution < 1.29 is 4.52 Å². The maximum atomic E-state index is 4.93. The summed E-state index contributed by atoms with van der Waals surface area (Å²) in [5, 5.41) is 6.71. The van der Waals surface area contributed by atoms with E-state index in [1.54, 1.807) is 12.4 Å². The van der Waals surface area contributed by atoms with Gasteiger partial charge in [-0.2, -0.15) is 0 Å². The van der Waals surface area contributed by atoms with Crippen LogP contribution in [0.2, 0.25) is 0 Å². The van der Waals surface area contributed by atoms with Crippen LogP contribution in [0.5, 0.6) is 0 Å². The number of nitrogens with zero attached hydrogens (tertiary/aromatic N) is 2. The molecule has 1 N–H and O–H groups in total. The predicted molar refractivity (Wildman–Crippen MR) is 55.8 cm³/mol. The summed E-state index contributed by atoms with van der Waals surface area (Å²) in [6.07, 6.45) is 3.36. The monoisotopic (exact) mass is 253 g/mol. The fraction of sp³-hybridized carbons (Fsp3) is 0.111. The molecule has 0 atom stereocenters. The molecule has 0 spiro atoms. The van der Waals surface area contributed by atoms with Gasteiger partial charge in [-0.25, -0.2) is 4.98 Å². The largest absolute Gasteiger partial charge is 0.363 e. The van der Waals surface area contributed by atoms with Gasteiger partial charge in [0.05, 0.1) is 12.7 Å². The number of hydrogen-bond acceptors (Lipinski definition) is 4. The van der Waals surface area contributed by atoms with Crippen molar-refractivity contribution in [1.82, 2.24) is 10.1 Å². The van der Waals surface area contributed by atoms with Crippen molar-refractivity contribution in [3.63, 3.8) is 0 Å². The van der Waals surface area contributed by atoms with Gasteiger partial charge in [-0.05, 0) is 28.1 Å². The highest BCUT2D eigenvalue weighted by atomic mass is 79.9. The molecule has 0 aromatic carbocycles. The smallest absolute Gasteiger partial charge is 0.155 e. The van der Waals surface area contributed by atoms with Crippen LogP contribution in [0.25, 0.3) is 0 Å². The van der Waals surface area contributed by atoms with E-state index in [-0.39, 0.29) is 0 Å². The molecule has 0 aliphatic heterocycles. The van der Waals surface area contributed by atoms with Gasteiger partial charge in [0.15, 0.2) is 5.76 Å². The normalized spacial score (nSPS) is 10.1. The first kappa shape index (κ1) is 9.21. The van der Waals surface area contributed by atoms with Crippen LogP contribution in [0, 0.1) is 0 Å². The molecule has 14 heavy (non-hydrogen) atoms. The van der Waals surface area contributed by atoms with Crippen LogP contribution < -0.4 is 5.32 Å². The lowest BCUT2D eigenvalue weighted by Gasteiger charge is -2.01. The first-order valence-electron chi connectivity index (χ1n) is 4.09. The summed E-state index contributed by atoms with van der Waals surface area (Å²) in [6.45, 7) is 0.592. The summed E-state index contributed by atoms with van der Waals surface area (Å²) in [7, 11) is 0. The van der Waals surface area contributed by atoms with E-state index in [1.165, 1.54) is 0 Å². The third-order valence-electron chi connectivity index (χ3n) is 1.66. The van der Waals surface area contributed by atoms with Crippen molar-refractivity contribution in [1.29, 1.82) is 0 Å². The van der Waals surface area contributed by atoms with E-state index in [0.717, 1.165) is 16.1 Å². The minimum Gasteiger partial charge on any atom is -0.363 e. The summed E-state index contributed by atoms with van der Waals surface area (Å²) in [4.78, 5) is 4.16. The molecule has 2 aromatic heterocycles. The fourth-order valence-electron chi connectivity index (χ4n) is 0.991. The van der Waals surface area contributed by atoms with Crippen molar-refractivity contribution >= 4 is 21.7 Å². The summed E-state index contributed by atoms with van der Waals surface area (Å²) < 4.78 is 5.89. The second-order valence-corrected chi connectivity index (χ2v) is 3.61. The Bertz CT molecular complexity index is 385. The second-order valence-electron chi connectivity index (χ2n) is 2.69. The van der Waals surface area contributed by atoms with Crippen molar-refractivity contribution in [2.45, 2.75) is 6.54 Å². The zero-order valence-electron chi connectivity index (χ0n) is 7.27. The van der Waals surface area contributed by atoms with Crippen LogP contribution in [0.15, 0.2) is 39.6 Å². The van der Waals surface area contributed by atoms with Crippen molar-refractivity contribution in [2.75, 3.05) is 5.32 Å². The minimum absolute atomic E-state index is 0.592. The number of nitrogens with one attached hydrogen (secondary N) is 1. The molecule has 0 saturated heterocycles. The van der Waals surface area contributed by atoms with E-state index in [9.17, 15) is 0 Å². The lowest BCUT2D eigenvalue weighted by atomic mass is 10.4. The Labute approximate surface area is 89.5 Å². The number of pyridine rings is 1. The standard InChI is InChI=1S/C9H8BrN3O/c10-7-1-2-9(11-5-7)12-6-8-3-4-13-14-8/h1-5H,6H2,(H,11,12). The van der Waals surface area contributed by atoms with Crippen molar-refractivity contribution in [2.24, 2.45) is 0 Å². The molecule has 4 nitrogen and oxygen atoms in total. The van der Waals surface area contributed by atoms with E-state index in [2.05, 4.69) is 31.4 Å². The van der Waals surface area contributed by atoms with Gasteiger partial charge >= 0.3 is 0 Å². The van der Waals surface area contributed by atoms with Gasteiger partial charge in [0, 0.05) is 16.7 Å². The number of aromatic nitrogens is 2. The Morgan fingerprint density at radius 2 is 2.29 bits per heavy atom. The Morgan fingerprint density at radius 3 is 2.93 bits per heavy atom. The molecule has 0 fully saturated rings. The fourth-order valence-corrected chi connectivity index (χ4v) is 1.23. The Balaban J connectivity index is 1.95. The number of anilines is 1. The van der Waals surface area contributed by atoms with Crippen LogP contribution in [-0.4, -0.2) is 10.1 Å². The predicted octanol–water partition coefficient (Wildman–Crippen LogP) is 2.44. The molecule has 0 bridgehead atoms.